The van der Waals surface area contributed by atoms with Crippen LogP contribution in [0.5, 0.6) is 34.5 Å². The van der Waals surface area contributed by atoms with Gasteiger partial charge in [-0.25, -0.2) is 0 Å². The Hall–Kier alpha value is -6.84. The molecule has 8 nitrogen and oxygen atoms in total. The van der Waals surface area contributed by atoms with Gasteiger partial charge in [-0.05, 0) is 133 Å². The zero-order valence-corrected chi connectivity index (χ0v) is 29.9. The number of benzene rings is 7. The van der Waals surface area contributed by atoms with Crippen molar-refractivity contribution in [1.82, 2.24) is 0 Å². The first kappa shape index (κ1) is 37.4. The van der Waals surface area contributed by atoms with Gasteiger partial charge in [-0.1, -0.05) is 70.5 Å². The van der Waals surface area contributed by atoms with Gasteiger partial charge in [-0.15, -0.1) is 0 Å². The molecular formula is C44H35BrN2O6. The molecule has 0 bridgehead atoms. The minimum absolute atomic E-state index is 0.117. The molecule has 0 fully saturated rings. The second-order valence-corrected chi connectivity index (χ2v) is 12.1. The Morgan fingerprint density at radius 2 is 0.698 bits per heavy atom. The third kappa shape index (κ3) is 12.8. The van der Waals surface area contributed by atoms with E-state index in [9.17, 15) is 9.59 Å². The van der Waals surface area contributed by atoms with E-state index in [1.807, 2.05) is 115 Å². The summed E-state index contributed by atoms with van der Waals surface area (Å²) in [6, 6.07) is 55.5. The largest absolute Gasteiger partial charge is 0.508 e. The highest BCUT2D eigenvalue weighted by atomic mass is 79.9. The molecule has 264 valence electrons. The number of halogens is 1. The van der Waals surface area contributed by atoms with E-state index in [-0.39, 0.29) is 23.3 Å². The molecule has 2 amide bonds. The highest BCUT2D eigenvalue weighted by Gasteiger charge is 2.08. The van der Waals surface area contributed by atoms with E-state index in [4.69, 9.17) is 19.7 Å². The van der Waals surface area contributed by atoms with E-state index in [0.29, 0.717) is 34.0 Å². The summed E-state index contributed by atoms with van der Waals surface area (Å²) in [5.74, 6) is 2.71. The molecule has 0 atom stereocenters. The number of hydrogen-bond donors (Lipinski definition) is 4. The van der Waals surface area contributed by atoms with Gasteiger partial charge in [-0.3, -0.25) is 9.59 Å². The van der Waals surface area contributed by atoms with Gasteiger partial charge < -0.3 is 30.3 Å². The molecule has 0 aliphatic heterocycles. The predicted octanol–water partition coefficient (Wildman–Crippen LogP) is 11.3. The van der Waals surface area contributed by atoms with E-state index >= 15 is 0 Å². The standard InChI is InChI=1S/C25H19NO3.C13H11NO3.C6H5Br/c27-25(19-11-15-23(16-12-19)28-21-7-3-1-4-8-21)26-20-13-17-24(18-14-20)29-22-9-5-2-6-10-22;15-11-5-1-9(2-6-11)13(17)14-10-3-7-12(16)8-4-10;7-6-4-2-1-3-5-6/h1-18H,(H,26,27);1-8,15-16H,(H,14,17);1-5H. The number of amides is 2. The number of phenolic OH excluding ortho intramolecular Hbond substituents is 2. The first-order valence-electron chi connectivity index (χ1n) is 16.4. The van der Waals surface area contributed by atoms with Gasteiger partial charge in [0.2, 0.25) is 0 Å². The number of nitrogens with one attached hydrogen (secondary N) is 2. The van der Waals surface area contributed by atoms with E-state index in [1.54, 1.807) is 36.4 Å². The lowest BCUT2D eigenvalue weighted by Gasteiger charge is -2.09. The van der Waals surface area contributed by atoms with Crippen LogP contribution in [0.1, 0.15) is 20.7 Å². The summed E-state index contributed by atoms with van der Waals surface area (Å²) in [6.45, 7) is 0. The van der Waals surface area contributed by atoms with Gasteiger partial charge in [-0.2, -0.15) is 0 Å². The van der Waals surface area contributed by atoms with Gasteiger partial charge in [0.25, 0.3) is 11.8 Å². The van der Waals surface area contributed by atoms with Gasteiger partial charge in [0.15, 0.2) is 0 Å². The van der Waals surface area contributed by atoms with E-state index in [1.165, 1.54) is 36.4 Å². The lowest BCUT2D eigenvalue weighted by molar-refractivity contribution is 0.101. The number of ether oxygens (including phenoxy) is 2. The predicted molar refractivity (Wildman–Crippen MR) is 212 cm³/mol. The second-order valence-electron chi connectivity index (χ2n) is 11.2. The Bertz CT molecular complexity index is 2150. The number of rotatable bonds is 8. The van der Waals surface area contributed by atoms with Crippen molar-refractivity contribution in [2.45, 2.75) is 0 Å². The highest BCUT2D eigenvalue weighted by molar-refractivity contribution is 9.10. The molecule has 7 rings (SSSR count). The first-order chi connectivity index (χ1) is 25.8. The number of carbonyl (C=O) groups excluding carboxylic acids is 2. The molecule has 0 heterocycles. The lowest BCUT2D eigenvalue weighted by atomic mass is 10.2. The average Bonchev–Trinajstić information content (AvgIpc) is 3.19. The summed E-state index contributed by atoms with van der Waals surface area (Å²) < 4.78 is 12.6. The van der Waals surface area contributed by atoms with Crippen molar-refractivity contribution in [3.8, 4) is 34.5 Å². The fraction of sp³-hybridized carbons (Fsp3) is 0. The van der Waals surface area contributed by atoms with Crippen LogP contribution in [0.15, 0.2) is 193 Å². The molecule has 0 spiro atoms. The van der Waals surface area contributed by atoms with Crippen LogP contribution in [0.2, 0.25) is 0 Å². The number of para-hydroxylation sites is 2. The molecule has 9 heteroatoms. The molecule has 0 saturated carbocycles. The molecule has 4 N–H and O–H groups in total. The average molecular weight is 768 g/mol. The summed E-state index contributed by atoms with van der Waals surface area (Å²) >= 11 is 3.31. The third-order valence-corrected chi connectivity index (χ3v) is 7.70. The number of aromatic hydroxyl groups is 2. The van der Waals surface area contributed by atoms with Crippen LogP contribution in [0, 0.1) is 0 Å². The van der Waals surface area contributed by atoms with Crippen molar-refractivity contribution in [2.75, 3.05) is 10.6 Å². The zero-order valence-electron chi connectivity index (χ0n) is 28.3. The number of carbonyl (C=O) groups is 2. The second kappa shape index (κ2) is 19.5. The molecule has 0 aliphatic rings. The zero-order chi connectivity index (χ0) is 37.3. The Morgan fingerprint density at radius 3 is 1.08 bits per heavy atom. The SMILES string of the molecule is Brc1ccccc1.O=C(Nc1ccc(O)cc1)c1ccc(O)cc1.O=C(Nc1ccc(Oc2ccccc2)cc1)c1ccc(Oc2ccccc2)cc1. The molecule has 7 aromatic carbocycles. The van der Waals surface area contributed by atoms with Crippen LogP contribution in [0.3, 0.4) is 0 Å². The Kier molecular flexibility index (Phi) is 13.8. The maximum Gasteiger partial charge on any atom is 0.255 e. The maximum absolute atomic E-state index is 12.5. The van der Waals surface area contributed by atoms with Gasteiger partial charge in [0.1, 0.15) is 34.5 Å². The van der Waals surface area contributed by atoms with Crippen molar-refractivity contribution in [2.24, 2.45) is 0 Å². The van der Waals surface area contributed by atoms with E-state index in [2.05, 4.69) is 26.6 Å². The molecule has 0 aliphatic carbocycles. The van der Waals surface area contributed by atoms with Crippen LogP contribution >= 0.6 is 15.9 Å². The maximum atomic E-state index is 12.5. The summed E-state index contributed by atoms with van der Waals surface area (Å²) in [5.41, 5.74) is 2.30. The van der Waals surface area contributed by atoms with E-state index < -0.39 is 0 Å². The van der Waals surface area contributed by atoms with Crippen LogP contribution < -0.4 is 20.1 Å². The molecule has 7 aromatic rings. The van der Waals surface area contributed by atoms with Crippen LogP contribution in [-0.2, 0) is 0 Å². The number of phenols is 2. The Labute approximate surface area is 316 Å². The minimum Gasteiger partial charge on any atom is -0.508 e. The molecule has 53 heavy (non-hydrogen) atoms. The first-order valence-corrected chi connectivity index (χ1v) is 17.2. The van der Waals surface area contributed by atoms with Crippen LogP contribution in [0.25, 0.3) is 0 Å². The molecule has 0 radical (unpaired) electrons. The highest BCUT2D eigenvalue weighted by Crippen LogP contribution is 2.24. The van der Waals surface area contributed by atoms with Crippen molar-refractivity contribution in [3.05, 3.63) is 204 Å². The molecular weight excluding hydrogens is 732 g/mol. The summed E-state index contributed by atoms with van der Waals surface area (Å²) in [6.07, 6.45) is 0. The van der Waals surface area contributed by atoms with E-state index in [0.717, 1.165) is 16.0 Å². The van der Waals surface area contributed by atoms with Gasteiger partial charge >= 0.3 is 0 Å². The topological polar surface area (TPSA) is 117 Å². The quantitative estimate of drug-likeness (QED) is 0.114. The van der Waals surface area contributed by atoms with Crippen LogP contribution in [0.4, 0.5) is 11.4 Å². The van der Waals surface area contributed by atoms with Crippen molar-refractivity contribution >= 4 is 39.1 Å². The van der Waals surface area contributed by atoms with Crippen molar-refractivity contribution in [3.63, 3.8) is 0 Å². The fourth-order valence-corrected chi connectivity index (χ4v) is 4.81. The van der Waals surface area contributed by atoms with Crippen LogP contribution in [-0.4, -0.2) is 22.0 Å². The third-order valence-electron chi connectivity index (χ3n) is 7.17. The summed E-state index contributed by atoms with van der Waals surface area (Å²) in [4.78, 5) is 24.2. The lowest BCUT2D eigenvalue weighted by Crippen LogP contribution is -2.11. The summed E-state index contributed by atoms with van der Waals surface area (Å²) in [7, 11) is 0. The van der Waals surface area contributed by atoms with Crippen molar-refractivity contribution in [1.29, 1.82) is 0 Å². The van der Waals surface area contributed by atoms with Crippen molar-refractivity contribution < 1.29 is 29.3 Å². The Morgan fingerprint density at radius 1 is 0.396 bits per heavy atom. The van der Waals surface area contributed by atoms with Gasteiger partial charge in [0, 0.05) is 27.0 Å². The Balaban J connectivity index is 0.000000189. The summed E-state index contributed by atoms with van der Waals surface area (Å²) in [5, 5.41) is 23.8. The minimum atomic E-state index is -0.268. The molecule has 0 saturated heterocycles. The number of hydrogen-bond acceptors (Lipinski definition) is 6. The number of anilines is 2. The van der Waals surface area contributed by atoms with Gasteiger partial charge in [0.05, 0.1) is 0 Å². The molecule has 0 aromatic heterocycles. The fourth-order valence-electron chi connectivity index (χ4n) is 4.51. The monoisotopic (exact) mass is 766 g/mol. The smallest absolute Gasteiger partial charge is 0.255 e. The molecule has 0 unspecified atom stereocenters. The normalized spacial score (nSPS) is 9.91.